The number of hydrogen-bond acceptors (Lipinski definition) is 5. The molecule has 0 unspecified atom stereocenters. The predicted octanol–water partition coefficient (Wildman–Crippen LogP) is 2.19. The molecule has 7 nitrogen and oxygen atoms in total. The van der Waals surface area contributed by atoms with Crippen LogP contribution in [0.15, 0.2) is 18.3 Å². The number of carboxylic acid groups (broad SMARTS) is 1. The molecule has 102 valence electrons. The molecule has 1 aromatic rings. The molecule has 2 N–H and O–H groups in total. The Bertz CT molecular complexity index is 498. The summed E-state index contributed by atoms with van der Waals surface area (Å²) in [5.41, 5.74) is -1.16. The van der Waals surface area contributed by atoms with E-state index in [1.165, 1.54) is 18.3 Å². The van der Waals surface area contributed by atoms with Crippen molar-refractivity contribution in [1.29, 1.82) is 0 Å². The molecule has 1 saturated carbocycles. The Balaban J connectivity index is 2.24. The van der Waals surface area contributed by atoms with Gasteiger partial charge in [0.05, 0.1) is 11.0 Å². The first-order chi connectivity index (χ1) is 9.03. The lowest BCUT2D eigenvalue weighted by Crippen LogP contribution is -2.48. The standard InChI is InChI=1S/C12H15N3O4/c16-11(17)12(5-2-1-3-6-12)14-10-8-9(15(18)19)4-7-13-10/h4,7-8H,1-3,5-6H2,(H,13,14)(H,16,17). The van der Waals surface area contributed by atoms with Gasteiger partial charge in [0.1, 0.15) is 11.4 Å². The second-order valence-corrected chi connectivity index (χ2v) is 4.73. The second kappa shape index (κ2) is 5.21. The molecule has 1 fully saturated rings. The maximum Gasteiger partial charge on any atom is 0.329 e. The maximum atomic E-state index is 11.5. The molecule has 1 aliphatic carbocycles. The van der Waals surface area contributed by atoms with Gasteiger partial charge < -0.3 is 10.4 Å². The lowest BCUT2D eigenvalue weighted by atomic mass is 9.81. The fourth-order valence-electron chi connectivity index (χ4n) is 2.39. The number of aliphatic carboxylic acids is 1. The van der Waals surface area contributed by atoms with Gasteiger partial charge in [0.15, 0.2) is 0 Å². The van der Waals surface area contributed by atoms with Crippen LogP contribution in [0.1, 0.15) is 32.1 Å². The van der Waals surface area contributed by atoms with Crippen LogP contribution in [-0.2, 0) is 4.79 Å². The zero-order chi connectivity index (χ0) is 13.9. The van der Waals surface area contributed by atoms with Crippen molar-refractivity contribution in [3.63, 3.8) is 0 Å². The van der Waals surface area contributed by atoms with Crippen molar-refractivity contribution in [2.45, 2.75) is 37.6 Å². The number of carbonyl (C=O) groups is 1. The highest BCUT2D eigenvalue weighted by molar-refractivity contribution is 5.82. The van der Waals surface area contributed by atoms with Gasteiger partial charge in [-0.1, -0.05) is 19.3 Å². The smallest absolute Gasteiger partial charge is 0.329 e. The van der Waals surface area contributed by atoms with Crippen LogP contribution in [0.4, 0.5) is 11.5 Å². The first-order valence-electron chi connectivity index (χ1n) is 6.15. The minimum Gasteiger partial charge on any atom is -0.480 e. The van der Waals surface area contributed by atoms with Crippen molar-refractivity contribution >= 4 is 17.5 Å². The van der Waals surface area contributed by atoms with Gasteiger partial charge in [0, 0.05) is 12.3 Å². The van der Waals surface area contributed by atoms with Crippen molar-refractivity contribution in [3.05, 3.63) is 28.4 Å². The number of nitrogens with zero attached hydrogens (tertiary/aromatic N) is 2. The lowest BCUT2D eigenvalue weighted by molar-refractivity contribution is -0.384. The van der Waals surface area contributed by atoms with E-state index in [0.29, 0.717) is 12.8 Å². The zero-order valence-electron chi connectivity index (χ0n) is 10.3. The van der Waals surface area contributed by atoms with Crippen LogP contribution < -0.4 is 5.32 Å². The molecule has 0 atom stereocenters. The van der Waals surface area contributed by atoms with Gasteiger partial charge in [-0.25, -0.2) is 9.78 Å². The van der Waals surface area contributed by atoms with E-state index in [-0.39, 0.29) is 11.5 Å². The molecule has 0 aliphatic heterocycles. The Hall–Kier alpha value is -2.18. The highest BCUT2D eigenvalue weighted by Gasteiger charge is 2.40. The van der Waals surface area contributed by atoms with Gasteiger partial charge in [-0.3, -0.25) is 10.1 Å². The molecule has 7 heteroatoms. The van der Waals surface area contributed by atoms with Crippen LogP contribution in [-0.4, -0.2) is 26.5 Å². The van der Waals surface area contributed by atoms with Crippen molar-refractivity contribution < 1.29 is 14.8 Å². The number of rotatable bonds is 4. The van der Waals surface area contributed by atoms with Gasteiger partial charge in [0.2, 0.25) is 0 Å². The van der Waals surface area contributed by atoms with Crippen molar-refractivity contribution in [3.8, 4) is 0 Å². The molecular formula is C12H15N3O4. The van der Waals surface area contributed by atoms with E-state index in [4.69, 9.17) is 0 Å². The minimum absolute atomic E-state index is 0.103. The van der Waals surface area contributed by atoms with Gasteiger partial charge in [0.25, 0.3) is 5.69 Å². The lowest BCUT2D eigenvalue weighted by Gasteiger charge is -2.34. The van der Waals surface area contributed by atoms with Crippen LogP contribution in [0.25, 0.3) is 0 Å². The molecule has 1 aliphatic rings. The maximum absolute atomic E-state index is 11.5. The number of hydrogen-bond donors (Lipinski definition) is 2. The Morgan fingerprint density at radius 3 is 2.68 bits per heavy atom. The van der Waals surface area contributed by atoms with Gasteiger partial charge in [-0.05, 0) is 12.8 Å². The molecule has 2 rings (SSSR count). The quantitative estimate of drug-likeness (QED) is 0.638. The molecule has 19 heavy (non-hydrogen) atoms. The molecule has 0 spiro atoms. The Morgan fingerprint density at radius 1 is 1.42 bits per heavy atom. The third kappa shape index (κ3) is 2.81. The first kappa shape index (κ1) is 13.3. The molecular weight excluding hydrogens is 250 g/mol. The van der Waals surface area contributed by atoms with Gasteiger partial charge in [-0.2, -0.15) is 0 Å². The third-order valence-electron chi connectivity index (χ3n) is 3.44. The summed E-state index contributed by atoms with van der Waals surface area (Å²) in [4.78, 5) is 25.6. The molecule has 0 aromatic carbocycles. The highest BCUT2D eigenvalue weighted by Crippen LogP contribution is 2.32. The largest absolute Gasteiger partial charge is 0.480 e. The number of anilines is 1. The summed E-state index contributed by atoms with van der Waals surface area (Å²) in [5.74, 6) is -0.695. The number of aromatic nitrogens is 1. The van der Waals surface area contributed by atoms with E-state index in [9.17, 15) is 20.0 Å². The number of pyridine rings is 1. The summed E-state index contributed by atoms with van der Waals surface area (Å²) >= 11 is 0. The van der Waals surface area contributed by atoms with Crippen molar-refractivity contribution in [2.75, 3.05) is 5.32 Å². The zero-order valence-corrected chi connectivity index (χ0v) is 10.3. The Morgan fingerprint density at radius 2 is 2.11 bits per heavy atom. The summed E-state index contributed by atoms with van der Waals surface area (Å²) in [6.45, 7) is 0. The van der Waals surface area contributed by atoms with E-state index >= 15 is 0 Å². The summed E-state index contributed by atoms with van der Waals surface area (Å²) < 4.78 is 0. The molecule has 1 aromatic heterocycles. The van der Waals surface area contributed by atoms with Crippen molar-refractivity contribution in [1.82, 2.24) is 4.98 Å². The number of nitro groups is 1. The molecule has 0 bridgehead atoms. The van der Waals surface area contributed by atoms with E-state index < -0.39 is 16.4 Å². The fourth-order valence-corrected chi connectivity index (χ4v) is 2.39. The second-order valence-electron chi connectivity index (χ2n) is 4.73. The van der Waals surface area contributed by atoms with Crippen LogP contribution in [0.5, 0.6) is 0 Å². The van der Waals surface area contributed by atoms with E-state index in [1.807, 2.05) is 0 Å². The fraction of sp³-hybridized carbons (Fsp3) is 0.500. The molecule has 1 heterocycles. The first-order valence-corrected chi connectivity index (χ1v) is 6.15. The summed E-state index contributed by atoms with van der Waals surface area (Å²) in [6, 6.07) is 2.54. The summed E-state index contributed by atoms with van der Waals surface area (Å²) in [5, 5.41) is 23.0. The predicted molar refractivity (Wildman–Crippen MR) is 68.0 cm³/mol. The Kier molecular flexibility index (Phi) is 3.64. The highest BCUT2D eigenvalue weighted by atomic mass is 16.6. The normalized spacial score (nSPS) is 17.7. The summed E-state index contributed by atoms with van der Waals surface area (Å²) in [6.07, 6.45) is 4.99. The topological polar surface area (TPSA) is 105 Å². The Labute approximate surface area is 109 Å². The van der Waals surface area contributed by atoms with Crippen LogP contribution in [0.2, 0.25) is 0 Å². The average molecular weight is 265 g/mol. The minimum atomic E-state index is -1.06. The molecule has 0 radical (unpaired) electrons. The van der Waals surface area contributed by atoms with Gasteiger partial charge in [-0.15, -0.1) is 0 Å². The number of nitrogens with one attached hydrogen (secondary N) is 1. The summed E-state index contributed by atoms with van der Waals surface area (Å²) in [7, 11) is 0. The molecule has 0 saturated heterocycles. The molecule has 0 amide bonds. The van der Waals surface area contributed by atoms with Crippen molar-refractivity contribution in [2.24, 2.45) is 0 Å². The average Bonchev–Trinajstić information content (AvgIpc) is 2.40. The van der Waals surface area contributed by atoms with E-state index in [2.05, 4.69) is 10.3 Å². The van der Waals surface area contributed by atoms with Crippen LogP contribution in [0.3, 0.4) is 0 Å². The number of carboxylic acids is 1. The van der Waals surface area contributed by atoms with E-state index in [0.717, 1.165) is 19.3 Å². The van der Waals surface area contributed by atoms with Crippen LogP contribution >= 0.6 is 0 Å². The van der Waals surface area contributed by atoms with Crippen LogP contribution in [0, 0.1) is 10.1 Å². The third-order valence-corrected chi connectivity index (χ3v) is 3.44. The van der Waals surface area contributed by atoms with Gasteiger partial charge >= 0.3 is 5.97 Å². The monoisotopic (exact) mass is 265 g/mol. The SMILES string of the molecule is O=C(O)C1(Nc2cc([N+](=O)[O-])ccn2)CCCCC1. The van der Waals surface area contributed by atoms with E-state index in [1.54, 1.807) is 0 Å².